The summed E-state index contributed by atoms with van der Waals surface area (Å²) < 4.78 is 13.5. The zero-order valence-electron chi connectivity index (χ0n) is 8.35. The fourth-order valence-electron chi connectivity index (χ4n) is 1.23. The van der Waals surface area contributed by atoms with Crippen LogP contribution in [0, 0.1) is 5.82 Å². The highest BCUT2D eigenvalue weighted by Gasteiger charge is 2.07. The summed E-state index contributed by atoms with van der Waals surface area (Å²) in [6.07, 6.45) is 1.34. The van der Waals surface area contributed by atoms with E-state index < -0.39 is 5.82 Å². The molecule has 1 aromatic heterocycles. The molecule has 0 saturated carbocycles. The molecule has 0 spiro atoms. The van der Waals surface area contributed by atoms with Crippen molar-refractivity contribution in [1.29, 1.82) is 0 Å². The second-order valence-corrected chi connectivity index (χ2v) is 4.51. The van der Waals surface area contributed by atoms with Gasteiger partial charge in [-0.2, -0.15) is 0 Å². The van der Waals surface area contributed by atoms with Crippen LogP contribution >= 0.6 is 34.8 Å². The van der Waals surface area contributed by atoms with Crippen LogP contribution in [-0.4, -0.2) is 4.98 Å². The second kappa shape index (κ2) is 5.08. The van der Waals surface area contributed by atoms with Gasteiger partial charge >= 0.3 is 0 Å². The number of pyridine rings is 1. The maximum absolute atomic E-state index is 13.5. The number of hydrogen-bond acceptors (Lipinski definition) is 2. The van der Waals surface area contributed by atoms with Crippen LogP contribution in [0.5, 0.6) is 0 Å². The van der Waals surface area contributed by atoms with Gasteiger partial charge in [-0.3, -0.25) is 0 Å². The predicted molar refractivity (Wildman–Crippen MR) is 68.9 cm³/mol. The first kappa shape index (κ1) is 12.4. The summed E-state index contributed by atoms with van der Waals surface area (Å²) in [6.45, 7) is 0. The number of halogens is 4. The van der Waals surface area contributed by atoms with Gasteiger partial charge in [0.1, 0.15) is 0 Å². The van der Waals surface area contributed by atoms with Gasteiger partial charge in [-0.1, -0.05) is 34.8 Å². The molecule has 2 rings (SSSR count). The van der Waals surface area contributed by atoms with E-state index in [1.165, 1.54) is 6.20 Å². The number of nitrogens with zero attached hydrogens (tertiary/aromatic N) is 1. The number of hydrogen-bond donors (Lipinski definition) is 1. The monoisotopic (exact) mass is 290 g/mol. The van der Waals surface area contributed by atoms with E-state index in [0.29, 0.717) is 15.7 Å². The highest BCUT2D eigenvalue weighted by molar-refractivity contribution is 6.35. The van der Waals surface area contributed by atoms with Crippen LogP contribution < -0.4 is 5.32 Å². The molecule has 2 nitrogen and oxygen atoms in total. The molecule has 0 atom stereocenters. The Hall–Kier alpha value is -1.03. The molecule has 1 aromatic carbocycles. The molecule has 0 amide bonds. The number of rotatable bonds is 2. The van der Waals surface area contributed by atoms with Crippen molar-refractivity contribution in [3.8, 4) is 0 Å². The minimum Gasteiger partial charge on any atom is -0.337 e. The van der Waals surface area contributed by atoms with Gasteiger partial charge < -0.3 is 5.32 Å². The highest BCUT2D eigenvalue weighted by atomic mass is 35.5. The van der Waals surface area contributed by atoms with Crippen molar-refractivity contribution < 1.29 is 4.39 Å². The number of anilines is 2. The van der Waals surface area contributed by atoms with Crippen LogP contribution in [0.2, 0.25) is 15.1 Å². The Morgan fingerprint density at radius 3 is 2.53 bits per heavy atom. The second-order valence-electron chi connectivity index (χ2n) is 3.23. The maximum Gasteiger partial charge on any atom is 0.167 e. The van der Waals surface area contributed by atoms with Crippen molar-refractivity contribution in [2.75, 3.05) is 5.32 Å². The van der Waals surface area contributed by atoms with Gasteiger partial charge in [0.25, 0.3) is 0 Å². The van der Waals surface area contributed by atoms with Crippen LogP contribution in [0.25, 0.3) is 0 Å². The lowest BCUT2D eigenvalue weighted by Gasteiger charge is -2.08. The Kier molecular flexibility index (Phi) is 3.72. The van der Waals surface area contributed by atoms with Crippen molar-refractivity contribution in [2.24, 2.45) is 0 Å². The topological polar surface area (TPSA) is 24.9 Å². The third-order valence-electron chi connectivity index (χ3n) is 1.99. The zero-order chi connectivity index (χ0) is 12.4. The van der Waals surface area contributed by atoms with Crippen LogP contribution in [0.4, 0.5) is 15.9 Å². The molecule has 0 unspecified atom stereocenters. The first-order valence-corrected chi connectivity index (χ1v) is 5.73. The minimum absolute atomic E-state index is 0.0403. The number of nitrogens with one attached hydrogen (secondary N) is 1. The summed E-state index contributed by atoms with van der Waals surface area (Å²) in [6, 6.07) is 6.00. The molecule has 0 aliphatic carbocycles. The van der Waals surface area contributed by atoms with Gasteiger partial charge in [0.2, 0.25) is 0 Å². The maximum atomic E-state index is 13.5. The molecule has 0 aliphatic heterocycles. The molecule has 1 N–H and O–H groups in total. The lowest BCUT2D eigenvalue weighted by Crippen LogP contribution is -1.97. The molecular formula is C11H6Cl3FN2. The molecule has 0 bridgehead atoms. The van der Waals surface area contributed by atoms with Crippen molar-refractivity contribution >= 4 is 46.3 Å². The van der Waals surface area contributed by atoms with Crippen LogP contribution in [0.1, 0.15) is 0 Å². The summed E-state index contributed by atoms with van der Waals surface area (Å²) in [5.74, 6) is -0.521. The molecule has 0 radical (unpaired) electrons. The minimum atomic E-state index is -0.562. The van der Waals surface area contributed by atoms with Gasteiger partial charge in [0, 0.05) is 11.2 Å². The molecule has 2 aromatic rings. The smallest absolute Gasteiger partial charge is 0.167 e. The van der Waals surface area contributed by atoms with E-state index >= 15 is 0 Å². The molecule has 0 fully saturated rings. The van der Waals surface area contributed by atoms with Gasteiger partial charge in [-0.15, -0.1) is 0 Å². The van der Waals surface area contributed by atoms with E-state index in [2.05, 4.69) is 10.3 Å². The molecule has 0 saturated heterocycles. The first-order valence-electron chi connectivity index (χ1n) is 4.59. The normalized spacial score (nSPS) is 10.4. The van der Waals surface area contributed by atoms with Crippen molar-refractivity contribution in [3.63, 3.8) is 0 Å². The Balaban J connectivity index is 2.34. The van der Waals surface area contributed by atoms with E-state index in [1.54, 1.807) is 18.2 Å². The van der Waals surface area contributed by atoms with Gasteiger partial charge in [0.15, 0.2) is 11.6 Å². The summed E-state index contributed by atoms with van der Waals surface area (Å²) >= 11 is 17.3. The Morgan fingerprint density at radius 1 is 1.06 bits per heavy atom. The van der Waals surface area contributed by atoms with Crippen LogP contribution in [0.15, 0.2) is 30.5 Å². The molecule has 88 valence electrons. The molecular weight excluding hydrogens is 285 g/mol. The summed E-state index contributed by atoms with van der Waals surface area (Å²) in [4.78, 5) is 3.82. The first-order chi connectivity index (χ1) is 8.06. The average molecular weight is 292 g/mol. The SMILES string of the molecule is Fc1cc(Cl)cnc1Nc1cc(Cl)ccc1Cl. The summed E-state index contributed by atoms with van der Waals surface area (Å²) in [7, 11) is 0. The van der Waals surface area contributed by atoms with Gasteiger partial charge in [-0.25, -0.2) is 9.37 Å². The quantitative estimate of drug-likeness (QED) is 0.849. The largest absolute Gasteiger partial charge is 0.337 e. The van der Waals surface area contributed by atoms with E-state index in [0.717, 1.165) is 6.07 Å². The lowest BCUT2D eigenvalue weighted by molar-refractivity contribution is 0.626. The third kappa shape index (κ3) is 3.00. The van der Waals surface area contributed by atoms with E-state index in [-0.39, 0.29) is 10.8 Å². The highest BCUT2D eigenvalue weighted by Crippen LogP contribution is 2.29. The fraction of sp³-hybridized carbons (Fsp3) is 0. The van der Waals surface area contributed by atoms with E-state index in [9.17, 15) is 4.39 Å². The van der Waals surface area contributed by atoms with Gasteiger partial charge in [0.05, 0.1) is 15.7 Å². The molecule has 17 heavy (non-hydrogen) atoms. The van der Waals surface area contributed by atoms with Crippen molar-refractivity contribution in [3.05, 3.63) is 51.3 Å². The van der Waals surface area contributed by atoms with E-state index in [4.69, 9.17) is 34.8 Å². The van der Waals surface area contributed by atoms with Crippen molar-refractivity contribution in [2.45, 2.75) is 0 Å². The number of benzene rings is 1. The Labute approximate surface area is 112 Å². The molecule has 0 aliphatic rings. The van der Waals surface area contributed by atoms with Crippen LogP contribution in [-0.2, 0) is 0 Å². The zero-order valence-corrected chi connectivity index (χ0v) is 10.6. The summed E-state index contributed by atoms with van der Waals surface area (Å²) in [5, 5.41) is 3.89. The Morgan fingerprint density at radius 2 is 1.82 bits per heavy atom. The summed E-state index contributed by atoms with van der Waals surface area (Å²) in [5.41, 5.74) is 0.480. The van der Waals surface area contributed by atoms with Gasteiger partial charge in [-0.05, 0) is 24.3 Å². The third-order valence-corrected chi connectivity index (χ3v) is 2.76. The van der Waals surface area contributed by atoms with E-state index in [1.807, 2.05) is 0 Å². The average Bonchev–Trinajstić information content (AvgIpc) is 2.27. The molecule has 6 heteroatoms. The fourth-order valence-corrected chi connectivity index (χ4v) is 1.71. The standard InChI is InChI=1S/C11H6Cl3FN2/c12-6-1-2-8(14)10(4-6)17-11-9(15)3-7(13)5-16-11/h1-5H,(H,16,17). The Bertz CT molecular complexity index is 560. The van der Waals surface area contributed by atoms with Crippen molar-refractivity contribution in [1.82, 2.24) is 4.98 Å². The van der Waals surface area contributed by atoms with Crippen LogP contribution in [0.3, 0.4) is 0 Å². The lowest BCUT2D eigenvalue weighted by atomic mass is 10.3. The number of aromatic nitrogens is 1. The predicted octanol–water partition coefficient (Wildman–Crippen LogP) is 4.92. The molecule has 1 heterocycles.